The highest BCUT2D eigenvalue weighted by Crippen LogP contribution is 2.36. The van der Waals surface area contributed by atoms with Crippen molar-refractivity contribution in [2.45, 2.75) is 25.1 Å². The number of fused-ring (bicyclic) bond motifs is 1. The Hall–Kier alpha value is -2.05. The van der Waals surface area contributed by atoms with E-state index in [0.29, 0.717) is 28.2 Å². The summed E-state index contributed by atoms with van der Waals surface area (Å²) >= 11 is 2.83. The number of thioether (sulfide) groups is 1. The molecule has 1 amide bonds. The van der Waals surface area contributed by atoms with Crippen LogP contribution in [0.15, 0.2) is 22.5 Å². The molecule has 2 heterocycles. The Balaban J connectivity index is 1.72. The van der Waals surface area contributed by atoms with Crippen LogP contribution in [0.3, 0.4) is 0 Å². The number of nitrogens with zero attached hydrogens (tertiary/aromatic N) is 3. The summed E-state index contributed by atoms with van der Waals surface area (Å²) < 4.78 is 37.6. The molecule has 1 aromatic heterocycles. The number of hydrogen-bond donors (Lipinski definition) is 1. The lowest BCUT2D eigenvalue weighted by Gasteiger charge is -2.23. The molecule has 0 unspecified atom stereocenters. The molecule has 0 fully saturated rings. The molecule has 0 spiro atoms. The summed E-state index contributed by atoms with van der Waals surface area (Å²) in [6.45, 7) is 5.43. The number of sulfonamides is 1. The van der Waals surface area contributed by atoms with Crippen LogP contribution in [0, 0.1) is 5.92 Å². The molecule has 1 aliphatic heterocycles. The number of benzene rings is 1. The predicted octanol–water partition coefficient (Wildman–Crippen LogP) is 2.81. The van der Waals surface area contributed by atoms with Gasteiger partial charge in [0.1, 0.15) is 6.54 Å². The van der Waals surface area contributed by atoms with E-state index in [9.17, 15) is 13.2 Å². The molecule has 9 nitrogen and oxygen atoms in total. The minimum absolute atomic E-state index is 0.0774. The lowest BCUT2D eigenvalue weighted by atomic mass is 10.3. The minimum atomic E-state index is -3.69. The number of rotatable bonds is 9. The third kappa shape index (κ3) is 5.52. The van der Waals surface area contributed by atoms with Gasteiger partial charge < -0.3 is 9.47 Å². The quantitative estimate of drug-likeness (QED) is 0.451. The Bertz CT molecular complexity index is 977. The highest BCUT2D eigenvalue weighted by molar-refractivity contribution is 8.01. The number of aromatic nitrogens is 2. The van der Waals surface area contributed by atoms with Gasteiger partial charge in [-0.15, -0.1) is 10.2 Å². The first-order chi connectivity index (χ1) is 13.8. The van der Waals surface area contributed by atoms with E-state index in [1.807, 2.05) is 0 Å². The average Bonchev–Trinajstić information content (AvgIpc) is 3.32. The van der Waals surface area contributed by atoms with Crippen LogP contribution >= 0.6 is 23.1 Å². The molecule has 0 aliphatic carbocycles. The maximum Gasteiger partial charge on any atom is 0.246 e. The van der Waals surface area contributed by atoms with Crippen LogP contribution in [-0.4, -0.2) is 49.4 Å². The zero-order chi connectivity index (χ0) is 21.0. The fourth-order valence-corrected chi connectivity index (χ4v) is 5.20. The van der Waals surface area contributed by atoms with Gasteiger partial charge in [-0.3, -0.25) is 14.4 Å². The molecule has 0 bridgehead atoms. The number of anilines is 2. The molecule has 0 atom stereocenters. The Morgan fingerprint density at radius 2 is 2.07 bits per heavy atom. The maximum atomic E-state index is 12.6. The zero-order valence-electron chi connectivity index (χ0n) is 16.2. The molecule has 1 aromatic carbocycles. The van der Waals surface area contributed by atoms with Gasteiger partial charge in [-0.2, -0.15) is 0 Å². The highest BCUT2D eigenvalue weighted by atomic mass is 32.2. The number of carbonyl (C=O) groups excluding carboxylic acids is 1. The number of hydrogen-bond acceptors (Lipinski definition) is 9. The summed E-state index contributed by atoms with van der Waals surface area (Å²) in [4.78, 5) is 12.5. The van der Waals surface area contributed by atoms with E-state index < -0.39 is 15.9 Å². The topological polar surface area (TPSA) is 111 Å². The third-order valence-corrected chi connectivity index (χ3v) is 7.96. The SMILES string of the molecule is CCS(=O)(=O)N(CC(=O)Nc1nnc(SCC(C)C)s1)c1ccc2c(c1)OCO2. The van der Waals surface area contributed by atoms with E-state index in [-0.39, 0.29) is 19.1 Å². The van der Waals surface area contributed by atoms with E-state index in [1.54, 1.807) is 30.0 Å². The Labute approximate surface area is 177 Å². The van der Waals surface area contributed by atoms with E-state index in [0.717, 1.165) is 14.4 Å². The van der Waals surface area contributed by atoms with Crippen molar-refractivity contribution in [2.24, 2.45) is 5.92 Å². The first-order valence-electron chi connectivity index (χ1n) is 8.94. The van der Waals surface area contributed by atoms with E-state index in [2.05, 4.69) is 29.4 Å². The fourth-order valence-electron chi connectivity index (χ4n) is 2.39. The molecule has 3 rings (SSSR count). The summed E-state index contributed by atoms with van der Waals surface area (Å²) in [7, 11) is -3.69. The van der Waals surface area contributed by atoms with Crippen molar-refractivity contribution in [1.82, 2.24) is 10.2 Å². The Morgan fingerprint density at radius 1 is 1.31 bits per heavy atom. The lowest BCUT2D eigenvalue weighted by molar-refractivity contribution is -0.114. The molecular formula is C17H22N4O5S3. The highest BCUT2D eigenvalue weighted by Gasteiger charge is 2.26. The summed E-state index contributed by atoms with van der Waals surface area (Å²) in [6, 6.07) is 4.75. The Morgan fingerprint density at radius 3 is 2.79 bits per heavy atom. The van der Waals surface area contributed by atoms with Crippen LogP contribution in [0.5, 0.6) is 11.5 Å². The van der Waals surface area contributed by atoms with Crippen LogP contribution in [0.25, 0.3) is 0 Å². The van der Waals surface area contributed by atoms with Crippen molar-refractivity contribution >= 4 is 49.8 Å². The first kappa shape index (κ1) is 21.7. The molecule has 158 valence electrons. The van der Waals surface area contributed by atoms with Gasteiger partial charge in [-0.25, -0.2) is 8.42 Å². The molecule has 0 saturated heterocycles. The van der Waals surface area contributed by atoms with Gasteiger partial charge in [-0.05, 0) is 25.0 Å². The number of ether oxygens (including phenoxy) is 2. The largest absolute Gasteiger partial charge is 0.454 e. The summed E-state index contributed by atoms with van der Waals surface area (Å²) in [5.74, 6) is 1.73. The van der Waals surface area contributed by atoms with Crippen LogP contribution in [0.1, 0.15) is 20.8 Å². The zero-order valence-corrected chi connectivity index (χ0v) is 18.7. The van der Waals surface area contributed by atoms with Gasteiger partial charge in [0.25, 0.3) is 0 Å². The average molecular weight is 459 g/mol. The van der Waals surface area contributed by atoms with Crippen LogP contribution in [0.4, 0.5) is 10.8 Å². The van der Waals surface area contributed by atoms with Gasteiger partial charge in [0.2, 0.25) is 27.9 Å². The molecular weight excluding hydrogens is 436 g/mol. The van der Waals surface area contributed by atoms with Crippen LogP contribution < -0.4 is 19.1 Å². The van der Waals surface area contributed by atoms with Gasteiger partial charge in [0, 0.05) is 11.8 Å². The predicted molar refractivity (Wildman–Crippen MR) is 113 cm³/mol. The summed E-state index contributed by atoms with van der Waals surface area (Å²) in [5, 5.41) is 11.0. The number of nitrogens with one attached hydrogen (secondary N) is 1. The van der Waals surface area contributed by atoms with Crippen molar-refractivity contribution in [3.05, 3.63) is 18.2 Å². The van der Waals surface area contributed by atoms with E-state index in [4.69, 9.17) is 9.47 Å². The molecule has 0 radical (unpaired) electrons. The van der Waals surface area contributed by atoms with Gasteiger partial charge in [-0.1, -0.05) is 36.9 Å². The number of amides is 1. The monoisotopic (exact) mass is 458 g/mol. The molecule has 1 N–H and O–H groups in total. The van der Waals surface area contributed by atoms with Gasteiger partial charge >= 0.3 is 0 Å². The molecule has 0 saturated carbocycles. The molecule has 2 aromatic rings. The van der Waals surface area contributed by atoms with Crippen molar-refractivity contribution in [1.29, 1.82) is 0 Å². The fraction of sp³-hybridized carbons (Fsp3) is 0.471. The number of carbonyl (C=O) groups is 1. The van der Waals surface area contributed by atoms with E-state index >= 15 is 0 Å². The second-order valence-corrected chi connectivity index (χ2v) is 11.0. The van der Waals surface area contributed by atoms with Crippen molar-refractivity contribution in [2.75, 3.05) is 34.5 Å². The molecule has 1 aliphatic rings. The molecule has 29 heavy (non-hydrogen) atoms. The van der Waals surface area contributed by atoms with E-state index in [1.165, 1.54) is 18.3 Å². The molecule has 12 heteroatoms. The second-order valence-electron chi connectivity index (χ2n) is 6.57. The standard InChI is InChI=1S/C17H22N4O5S3/c1-4-29(23,24)21(12-5-6-13-14(7-12)26-10-25-13)8-15(22)18-16-19-20-17(28-16)27-9-11(2)3/h5-7,11H,4,8-10H2,1-3H3,(H,18,19,22). The second kappa shape index (κ2) is 9.18. The van der Waals surface area contributed by atoms with Gasteiger partial charge in [0.15, 0.2) is 15.8 Å². The minimum Gasteiger partial charge on any atom is -0.454 e. The Kier molecular flexibility index (Phi) is 6.85. The lowest BCUT2D eigenvalue weighted by Crippen LogP contribution is -2.39. The van der Waals surface area contributed by atoms with Crippen LogP contribution in [0.2, 0.25) is 0 Å². The smallest absolute Gasteiger partial charge is 0.246 e. The maximum absolute atomic E-state index is 12.6. The van der Waals surface area contributed by atoms with Crippen LogP contribution in [-0.2, 0) is 14.8 Å². The van der Waals surface area contributed by atoms with Crippen molar-refractivity contribution < 1.29 is 22.7 Å². The van der Waals surface area contributed by atoms with Crippen molar-refractivity contribution in [3.8, 4) is 11.5 Å². The summed E-state index contributed by atoms with van der Waals surface area (Å²) in [5.41, 5.74) is 0.330. The normalized spacial score (nSPS) is 13.0. The van der Waals surface area contributed by atoms with Crippen molar-refractivity contribution in [3.63, 3.8) is 0 Å². The third-order valence-electron chi connectivity index (χ3n) is 3.82. The first-order valence-corrected chi connectivity index (χ1v) is 12.4. The van der Waals surface area contributed by atoms with Gasteiger partial charge in [0.05, 0.1) is 11.4 Å². The summed E-state index contributed by atoms with van der Waals surface area (Å²) in [6.07, 6.45) is 0.